The van der Waals surface area contributed by atoms with E-state index in [0.717, 1.165) is 37.0 Å². The molecule has 0 bridgehead atoms. The van der Waals surface area contributed by atoms with Crippen LogP contribution in [0.5, 0.6) is 0 Å². The normalized spacial score (nSPS) is 36.4. The van der Waals surface area contributed by atoms with Crippen LogP contribution in [0.3, 0.4) is 0 Å². The first-order valence-electron chi connectivity index (χ1n) is 9.18. The molecule has 5 atom stereocenters. The van der Waals surface area contributed by atoms with Gasteiger partial charge in [0, 0.05) is 12.3 Å². The van der Waals surface area contributed by atoms with Crippen LogP contribution >= 0.6 is 0 Å². The molecule has 1 heteroatoms. The maximum atomic E-state index is 12.3. The highest BCUT2D eigenvalue weighted by atomic mass is 16.1. The summed E-state index contributed by atoms with van der Waals surface area (Å²) in [4.78, 5) is 12.3. The van der Waals surface area contributed by atoms with Crippen molar-refractivity contribution in [3.05, 3.63) is 0 Å². The summed E-state index contributed by atoms with van der Waals surface area (Å²) in [5, 5.41) is 0. The van der Waals surface area contributed by atoms with Crippen LogP contribution in [-0.4, -0.2) is 5.78 Å². The highest BCUT2D eigenvalue weighted by Crippen LogP contribution is 2.57. The summed E-state index contributed by atoms with van der Waals surface area (Å²) in [5.74, 6) is 3.26. The molecule has 2 aliphatic carbocycles. The molecule has 0 spiro atoms. The second-order valence-corrected chi connectivity index (χ2v) is 9.50. The van der Waals surface area contributed by atoms with E-state index < -0.39 is 0 Å². The summed E-state index contributed by atoms with van der Waals surface area (Å²) in [6.07, 6.45) is 8.35. The number of fused-ring (bicyclic) bond motifs is 1. The zero-order valence-electron chi connectivity index (χ0n) is 15.2. The topological polar surface area (TPSA) is 17.1 Å². The third-order valence-corrected chi connectivity index (χ3v) is 6.82. The Hall–Kier alpha value is -0.330. The highest BCUT2D eigenvalue weighted by molar-refractivity contribution is 5.83. The molecule has 2 saturated carbocycles. The van der Waals surface area contributed by atoms with Crippen LogP contribution in [0.25, 0.3) is 0 Å². The molecule has 0 radical (unpaired) electrons. The van der Waals surface area contributed by atoms with Crippen molar-refractivity contribution in [2.24, 2.45) is 34.5 Å². The lowest BCUT2D eigenvalue weighted by molar-refractivity contribution is -0.130. The molecule has 2 fully saturated rings. The van der Waals surface area contributed by atoms with Gasteiger partial charge >= 0.3 is 0 Å². The fourth-order valence-electron chi connectivity index (χ4n) is 5.15. The quantitative estimate of drug-likeness (QED) is 0.633. The van der Waals surface area contributed by atoms with Gasteiger partial charge < -0.3 is 0 Å². The van der Waals surface area contributed by atoms with Crippen molar-refractivity contribution in [1.29, 1.82) is 0 Å². The molecule has 122 valence electrons. The highest BCUT2D eigenvalue weighted by Gasteiger charge is 2.52. The van der Waals surface area contributed by atoms with Crippen molar-refractivity contribution in [2.75, 3.05) is 0 Å². The van der Waals surface area contributed by atoms with E-state index in [2.05, 4.69) is 41.5 Å². The molecule has 0 amide bonds. The monoisotopic (exact) mass is 292 g/mol. The molecule has 0 N–H and O–H groups in total. The Bertz CT molecular complexity index is 378. The second kappa shape index (κ2) is 6.05. The Kier molecular flexibility index (Phi) is 4.90. The molecule has 2 unspecified atom stereocenters. The first-order chi connectivity index (χ1) is 9.65. The SMILES string of the molecule is C[C@@H](CCC(C)(C)C)[C@@H](C)C1CCC2C(=O)CCC[C@@]21C. The van der Waals surface area contributed by atoms with Gasteiger partial charge in [0.25, 0.3) is 0 Å². The predicted octanol–water partition coefficient (Wildman–Crippen LogP) is 5.87. The number of Topliss-reactive ketones (excluding diaryl/α,β-unsaturated/α-hetero) is 1. The van der Waals surface area contributed by atoms with Crippen molar-refractivity contribution >= 4 is 5.78 Å². The summed E-state index contributed by atoms with van der Waals surface area (Å²) in [6.45, 7) is 14.4. The maximum Gasteiger partial charge on any atom is 0.136 e. The van der Waals surface area contributed by atoms with E-state index in [1.807, 2.05) is 0 Å². The molecular weight excluding hydrogens is 256 g/mol. The van der Waals surface area contributed by atoms with Gasteiger partial charge in [-0.3, -0.25) is 4.79 Å². The molecule has 0 heterocycles. The standard InChI is InChI=1S/C20H36O/c1-14(11-13-19(3,4)5)15(2)16-9-10-17-18(21)8-7-12-20(16,17)6/h14-17H,7-13H2,1-6H3/t14-,15+,16?,17?,20+/m0/s1. The van der Waals surface area contributed by atoms with Crippen molar-refractivity contribution in [2.45, 2.75) is 86.5 Å². The van der Waals surface area contributed by atoms with Crippen LogP contribution in [0.2, 0.25) is 0 Å². The zero-order valence-corrected chi connectivity index (χ0v) is 15.2. The lowest BCUT2D eigenvalue weighted by Crippen LogP contribution is -2.40. The average molecular weight is 293 g/mol. The molecule has 0 saturated heterocycles. The van der Waals surface area contributed by atoms with Crippen LogP contribution in [0.4, 0.5) is 0 Å². The molecule has 0 aliphatic heterocycles. The number of rotatable bonds is 4. The first kappa shape index (κ1) is 17.0. The molecule has 2 aliphatic rings. The zero-order chi connectivity index (χ0) is 15.8. The summed E-state index contributed by atoms with van der Waals surface area (Å²) < 4.78 is 0. The van der Waals surface area contributed by atoms with Gasteiger partial charge in [-0.1, -0.05) is 41.5 Å². The van der Waals surface area contributed by atoms with Gasteiger partial charge in [-0.05, 0) is 67.1 Å². The molecule has 1 nitrogen and oxygen atoms in total. The van der Waals surface area contributed by atoms with Gasteiger partial charge in [-0.2, -0.15) is 0 Å². The Labute approximate surface area is 132 Å². The minimum absolute atomic E-state index is 0.310. The lowest BCUT2D eigenvalue weighted by atomic mass is 9.60. The number of ketones is 1. The van der Waals surface area contributed by atoms with Crippen LogP contribution in [-0.2, 0) is 4.79 Å². The Morgan fingerprint density at radius 2 is 1.90 bits per heavy atom. The summed E-state index contributed by atoms with van der Waals surface area (Å²) in [5.41, 5.74) is 0.752. The molecule has 2 rings (SSSR count). The molecule has 21 heavy (non-hydrogen) atoms. The summed E-state index contributed by atoms with van der Waals surface area (Å²) in [7, 11) is 0. The van der Waals surface area contributed by atoms with Crippen molar-refractivity contribution in [3.63, 3.8) is 0 Å². The number of hydrogen-bond donors (Lipinski definition) is 0. The predicted molar refractivity (Wildman–Crippen MR) is 90.2 cm³/mol. The smallest absolute Gasteiger partial charge is 0.136 e. The fraction of sp³-hybridized carbons (Fsp3) is 0.950. The Morgan fingerprint density at radius 1 is 1.24 bits per heavy atom. The van der Waals surface area contributed by atoms with E-state index in [1.54, 1.807) is 0 Å². The Balaban J connectivity index is 2.02. The van der Waals surface area contributed by atoms with Gasteiger partial charge in [0.05, 0.1) is 0 Å². The van der Waals surface area contributed by atoms with Gasteiger partial charge in [0.15, 0.2) is 0 Å². The van der Waals surface area contributed by atoms with E-state index in [0.29, 0.717) is 22.5 Å². The van der Waals surface area contributed by atoms with Crippen LogP contribution < -0.4 is 0 Å². The van der Waals surface area contributed by atoms with Gasteiger partial charge in [-0.25, -0.2) is 0 Å². The second-order valence-electron chi connectivity index (χ2n) is 9.50. The number of hydrogen-bond acceptors (Lipinski definition) is 1. The van der Waals surface area contributed by atoms with Crippen molar-refractivity contribution in [3.8, 4) is 0 Å². The Morgan fingerprint density at radius 3 is 2.52 bits per heavy atom. The molecule has 0 aromatic carbocycles. The third-order valence-electron chi connectivity index (χ3n) is 6.82. The van der Waals surface area contributed by atoms with Crippen molar-refractivity contribution in [1.82, 2.24) is 0 Å². The average Bonchev–Trinajstić information content (AvgIpc) is 2.73. The lowest BCUT2D eigenvalue weighted by Gasteiger charge is -2.44. The van der Waals surface area contributed by atoms with Gasteiger partial charge in [0.1, 0.15) is 5.78 Å². The first-order valence-corrected chi connectivity index (χ1v) is 9.18. The summed E-state index contributed by atoms with van der Waals surface area (Å²) >= 11 is 0. The number of carbonyl (C=O) groups excluding carboxylic acids is 1. The van der Waals surface area contributed by atoms with E-state index in [1.165, 1.54) is 25.7 Å². The van der Waals surface area contributed by atoms with Crippen LogP contribution in [0, 0.1) is 34.5 Å². The van der Waals surface area contributed by atoms with E-state index in [9.17, 15) is 4.79 Å². The van der Waals surface area contributed by atoms with E-state index in [-0.39, 0.29) is 0 Å². The molecule has 0 aromatic rings. The van der Waals surface area contributed by atoms with E-state index in [4.69, 9.17) is 0 Å². The minimum Gasteiger partial charge on any atom is -0.299 e. The van der Waals surface area contributed by atoms with E-state index >= 15 is 0 Å². The third kappa shape index (κ3) is 3.54. The molecule has 0 aromatic heterocycles. The number of carbonyl (C=O) groups is 1. The van der Waals surface area contributed by atoms with Crippen molar-refractivity contribution < 1.29 is 4.79 Å². The van der Waals surface area contributed by atoms with Crippen LogP contribution in [0.15, 0.2) is 0 Å². The fourth-order valence-corrected chi connectivity index (χ4v) is 5.15. The maximum absolute atomic E-state index is 12.3. The van der Waals surface area contributed by atoms with Crippen LogP contribution in [0.1, 0.15) is 86.5 Å². The summed E-state index contributed by atoms with van der Waals surface area (Å²) in [6, 6.07) is 0. The van der Waals surface area contributed by atoms with Gasteiger partial charge in [-0.15, -0.1) is 0 Å². The minimum atomic E-state index is 0.310. The largest absolute Gasteiger partial charge is 0.299 e. The molecular formula is C20H36O. The van der Waals surface area contributed by atoms with Gasteiger partial charge in [0.2, 0.25) is 0 Å².